The first-order valence-electron chi connectivity index (χ1n) is 17.5. The summed E-state index contributed by atoms with van der Waals surface area (Å²) < 4.78 is 9.31. The lowest BCUT2D eigenvalue weighted by atomic mass is 10.0. The van der Waals surface area contributed by atoms with Crippen LogP contribution in [0.2, 0.25) is 0 Å². The summed E-state index contributed by atoms with van der Waals surface area (Å²) >= 11 is 0. The highest BCUT2D eigenvalue weighted by molar-refractivity contribution is 6.25. The molecule has 0 fully saturated rings. The Morgan fingerprint density at radius 3 is 1.48 bits per heavy atom. The van der Waals surface area contributed by atoms with Crippen molar-refractivity contribution < 1.29 is 4.42 Å². The zero-order valence-electron chi connectivity index (χ0n) is 27.9. The van der Waals surface area contributed by atoms with Gasteiger partial charge in [0, 0.05) is 38.1 Å². The summed E-state index contributed by atoms with van der Waals surface area (Å²) in [6, 6.07) is 59.1. The van der Waals surface area contributed by atoms with Crippen molar-refractivity contribution in [3.63, 3.8) is 0 Å². The highest BCUT2D eigenvalue weighted by Gasteiger charge is 2.24. The van der Waals surface area contributed by atoms with E-state index in [1.54, 1.807) is 0 Å². The molecule has 0 aliphatic rings. The largest absolute Gasteiger partial charge is 0.455 e. The Labute approximate surface area is 298 Å². The molecule has 0 saturated carbocycles. The number of hydrogen-bond acceptors (Lipinski definition) is 4. The van der Waals surface area contributed by atoms with Crippen LogP contribution in [0.3, 0.4) is 0 Å². The van der Waals surface area contributed by atoms with Crippen molar-refractivity contribution in [1.29, 1.82) is 0 Å². The van der Waals surface area contributed by atoms with Gasteiger partial charge in [0.15, 0.2) is 17.5 Å². The summed E-state index contributed by atoms with van der Waals surface area (Å²) in [6.45, 7) is 0. The Morgan fingerprint density at radius 1 is 0.385 bits per heavy atom. The lowest BCUT2D eigenvalue weighted by Gasteiger charge is -2.14. The lowest BCUT2D eigenvalue weighted by molar-refractivity contribution is 0.669. The van der Waals surface area contributed by atoms with E-state index in [9.17, 15) is 0 Å². The molecular formula is C47H28N4O. The Bertz CT molecular complexity index is 3030. The van der Waals surface area contributed by atoms with Crippen LogP contribution in [0.1, 0.15) is 0 Å². The minimum Gasteiger partial charge on any atom is -0.455 e. The van der Waals surface area contributed by atoms with E-state index >= 15 is 0 Å². The molecule has 0 bridgehead atoms. The van der Waals surface area contributed by atoms with Gasteiger partial charge in [-0.2, -0.15) is 0 Å². The average molecular weight is 665 g/mol. The first-order valence-corrected chi connectivity index (χ1v) is 17.5. The van der Waals surface area contributed by atoms with Crippen molar-refractivity contribution in [2.45, 2.75) is 0 Å². The number of para-hydroxylation sites is 1. The number of nitrogens with zero attached hydrogens (tertiary/aromatic N) is 4. The molecule has 11 rings (SSSR count). The Morgan fingerprint density at radius 2 is 0.885 bits per heavy atom. The zero-order valence-corrected chi connectivity index (χ0v) is 27.9. The second-order valence-electron chi connectivity index (χ2n) is 13.2. The highest BCUT2D eigenvalue weighted by Crippen LogP contribution is 2.45. The number of aromatic nitrogens is 4. The molecule has 0 amide bonds. The minimum absolute atomic E-state index is 0.557. The summed E-state index contributed by atoms with van der Waals surface area (Å²) in [6.07, 6.45) is 0. The van der Waals surface area contributed by atoms with Gasteiger partial charge in [0.05, 0.1) is 27.7 Å². The molecule has 5 heteroatoms. The second kappa shape index (κ2) is 11.2. The summed E-state index contributed by atoms with van der Waals surface area (Å²) in [5, 5.41) is 9.25. The van der Waals surface area contributed by atoms with Crippen LogP contribution in [0.15, 0.2) is 174 Å². The van der Waals surface area contributed by atoms with Gasteiger partial charge in [-0.3, -0.25) is 0 Å². The quantitative estimate of drug-likeness (QED) is 0.188. The molecule has 5 nitrogen and oxygen atoms in total. The van der Waals surface area contributed by atoms with Crippen LogP contribution in [-0.2, 0) is 0 Å². The average Bonchev–Trinajstić information content (AvgIpc) is 3.78. The smallest absolute Gasteiger partial charge is 0.167 e. The topological polar surface area (TPSA) is 56.7 Å². The van der Waals surface area contributed by atoms with Gasteiger partial charge >= 0.3 is 0 Å². The molecule has 0 atom stereocenters. The van der Waals surface area contributed by atoms with Crippen molar-refractivity contribution >= 4 is 65.3 Å². The molecule has 3 heterocycles. The third-order valence-electron chi connectivity index (χ3n) is 10.2. The predicted molar refractivity (Wildman–Crippen MR) is 213 cm³/mol. The molecule has 0 N–H and O–H groups in total. The normalized spacial score (nSPS) is 11.8. The van der Waals surface area contributed by atoms with Gasteiger partial charge in [0.25, 0.3) is 0 Å². The standard InChI is InChI=1S/C47H28N4O/c1-3-15-31(16-4-1)45-48-46(32-17-5-2-6-18-32)50-47(49-45)38-27-28-39(41-37-21-11-12-22-40(37)52-44(38)41)51-42-33-19-9-7-13-29(33)23-25-35(42)36-26-24-30-14-8-10-20-34(30)43(36)51/h1-28H. The third-order valence-corrected chi connectivity index (χ3v) is 10.2. The van der Waals surface area contributed by atoms with Gasteiger partial charge in [0.1, 0.15) is 11.2 Å². The van der Waals surface area contributed by atoms with E-state index in [0.717, 1.165) is 44.3 Å². The fourth-order valence-corrected chi connectivity index (χ4v) is 7.88. The third kappa shape index (κ3) is 4.26. The van der Waals surface area contributed by atoms with Crippen LogP contribution in [-0.4, -0.2) is 19.5 Å². The molecule has 0 radical (unpaired) electrons. The van der Waals surface area contributed by atoms with Crippen LogP contribution in [0, 0.1) is 0 Å². The van der Waals surface area contributed by atoms with Crippen LogP contribution < -0.4 is 0 Å². The summed E-state index contributed by atoms with van der Waals surface area (Å²) in [5.41, 5.74) is 7.57. The summed E-state index contributed by atoms with van der Waals surface area (Å²) in [4.78, 5) is 15.2. The van der Waals surface area contributed by atoms with Crippen molar-refractivity contribution in [2.75, 3.05) is 0 Å². The van der Waals surface area contributed by atoms with Gasteiger partial charge in [0.2, 0.25) is 0 Å². The molecule has 0 aliphatic carbocycles. The molecule has 0 saturated heterocycles. The van der Waals surface area contributed by atoms with E-state index < -0.39 is 0 Å². The Hall–Kier alpha value is -7.11. The number of hydrogen-bond donors (Lipinski definition) is 0. The molecule has 3 aromatic heterocycles. The first-order chi connectivity index (χ1) is 25.8. The maximum absolute atomic E-state index is 6.85. The maximum atomic E-state index is 6.85. The van der Waals surface area contributed by atoms with Crippen molar-refractivity contribution in [2.24, 2.45) is 0 Å². The molecule has 8 aromatic carbocycles. The molecule has 242 valence electrons. The molecule has 52 heavy (non-hydrogen) atoms. The van der Waals surface area contributed by atoms with E-state index in [0.29, 0.717) is 17.5 Å². The van der Waals surface area contributed by atoms with Crippen LogP contribution in [0.25, 0.3) is 105 Å². The SMILES string of the molecule is c1ccc(-c2nc(-c3ccccc3)nc(-c3ccc(-n4c5c6ccccc6ccc5c5ccc6ccccc6c54)c4c3oc3ccccc34)n2)cc1. The zero-order chi connectivity index (χ0) is 34.2. The highest BCUT2D eigenvalue weighted by atomic mass is 16.3. The maximum Gasteiger partial charge on any atom is 0.167 e. The molecule has 0 spiro atoms. The number of furan rings is 1. The van der Waals surface area contributed by atoms with E-state index in [1.165, 1.54) is 43.4 Å². The fourth-order valence-electron chi connectivity index (χ4n) is 7.88. The van der Waals surface area contributed by atoms with E-state index in [2.05, 4.69) is 102 Å². The van der Waals surface area contributed by atoms with E-state index in [1.807, 2.05) is 72.8 Å². The molecular weight excluding hydrogens is 637 g/mol. The van der Waals surface area contributed by atoms with Gasteiger partial charge in [-0.25, -0.2) is 15.0 Å². The van der Waals surface area contributed by atoms with Gasteiger partial charge in [-0.15, -0.1) is 0 Å². The van der Waals surface area contributed by atoms with Crippen LogP contribution in [0.5, 0.6) is 0 Å². The number of fused-ring (bicyclic) bond motifs is 10. The predicted octanol–water partition coefficient (Wildman–Crippen LogP) is 12.2. The van der Waals surface area contributed by atoms with Crippen molar-refractivity contribution in [3.8, 4) is 39.9 Å². The summed E-state index contributed by atoms with van der Waals surface area (Å²) in [7, 11) is 0. The Kier molecular flexibility index (Phi) is 6.18. The number of rotatable bonds is 4. The second-order valence-corrected chi connectivity index (χ2v) is 13.2. The van der Waals surface area contributed by atoms with Crippen LogP contribution >= 0.6 is 0 Å². The first kappa shape index (κ1) is 28.7. The fraction of sp³-hybridized carbons (Fsp3) is 0. The molecule has 0 aliphatic heterocycles. The van der Waals surface area contributed by atoms with Gasteiger partial charge in [-0.1, -0.05) is 152 Å². The van der Waals surface area contributed by atoms with E-state index in [-0.39, 0.29) is 0 Å². The summed E-state index contributed by atoms with van der Waals surface area (Å²) in [5.74, 6) is 1.78. The lowest BCUT2D eigenvalue weighted by Crippen LogP contribution is -2.01. The van der Waals surface area contributed by atoms with Crippen LogP contribution in [0.4, 0.5) is 0 Å². The van der Waals surface area contributed by atoms with Gasteiger partial charge < -0.3 is 8.98 Å². The van der Waals surface area contributed by atoms with Crippen molar-refractivity contribution in [1.82, 2.24) is 19.5 Å². The molecule has 11 aromatic rings. The number of benzene rings is 8. The van der Waals surface area contributed by atoms with E-state index in [4.69, 9.17) is 19.4 Å². The Balaban J connectivity index is 1.28. The van der Waals surface area contributed by atoms with Gasteiger partial charge in [-0.05, 0) is 29.0 Å². The minimum atomic E-state index is 0.557. The monoisotopic (exact) mass is 664 g/mol. The molecule has 0 unspecified atom stereocenters. The van der Waals surface area contributed by atoms with Crippen molar-refractivity contribution in [3.05, 3.63) is 170 Å².